The average molecular weight is 988 g/mol. The lowest BCUT2D eigenvalue weighted by atomic mass is 10.0. The van der Waals surface area contributed by atoms with E-state index in [1.54, 1.807) is 0 Å². The fourth-order valence-corrected chi connectivity index (χ4v) is 8.19. The molecule has 0 amide bonds. The first-order valence-electron chi connectivity index (χ1n) is 29.7. The first-order valence-corrected chi connectivity index (χ1v) is 29.7. The van der Waals surface area contributed by atoms with E-state index < -0.39 is 6.10 Å². The van der Waals surface area contributed by atoms with Crippen LogP contribution in [0.5, 0.6) is 0 Å². The summed E-state index contributed by atoms with van der Waals surface area (Å²) < 4.78 is 16.8. The minimum absolute atomic E-state index is 0.0804. The van der Waals surface area contributed by atoms with Crippen LogP contribution in [-0.2, 0) is 28.6 Å². The first kappa shape index (κ1) is 67.3. The molecule has 0 aliphatic heterocycles. The zero-order chi connectivity index (χ0) is 51.4. The van der Waals surface area contributed by atoms with Crippen LogP contribution in [0.1, 0.15) is 278 Å². The van der Waals surface area contributed by atoms with Crippen molar-refractivity contribution in [1.29, 1.82) is 0 Å². The Bertz CT molecular complexity index is 1410. The topological polar surface area (TPSA) is 78.9 Å². The van der Waals surface area contributed by atoms with Gasteiger partial charge in [0.15, 0.2) is 6.10 Å². The first-order chi connectivity index (χ1) is 35.0. The summed E-state index contributed by atoms with van der Waals surface area (Å²) in [6.07, 6.45) is 78.4. The van der Waals surface area contributed by atoms with Crippen LogP contribution in [0.25, 0.3) is 0 Å². The maximum atomic E-state index is 12.8. The molecule has 0 bridgehead atoms. The molecule has 0 heterocycles. The molecule has 1 atom stereocenters. The van der Waals surface area contributed by atoms with Gasteiger partial charge in [0.1, 0.15) is 13.2 Å². The van der Waals surface area contributed by atoms with Crippen molar-refractivity contribution < 1.29 is 28.6 Å². The Labute approximate surface area is 438 Å². The minimum Gasteiger partial charge on any atom is -0.462 e. The lowest BCUT2D eigenvalue weighted by molar-refractivity contribution is -0.167. The van der Waals surface area contributed by atoms with E-state index >= 15 is 0 Å². The zero-order valence-electron chi connectivity index (χ0n) is 46.5. The van der Waals surface area contributed by atoms with E-state index in [1.165, 1.54) is 122 Å². The summed E-state index contributed by atoms with van der Waals surface area (Å²) in [5, 5.41) is 0. The zero-order valence-corrected chi connectivity index (χ0v) is 46.5. The molecule has 0 saturated carbocycles. The van der Waals surface area contributed by atoms with E-state index in [-0.39, 0.29) is 31.1 Å². The van der Waals surface area contributed by atoms with Gasteiger partial charge >= 0.3 is 17.9 Å². The van der Waals surface area contributed by atoms with Gasteiger partial charge in [0.05, 0.1) is 0 Å². The standard InChI is InChI=1S/C65H110O6/c1-4-7-10-13-16-19-21-23-25-27-28-29-30-31-32-33-34-35-36-38-39-41-43-46-49-52-55-58-64(67)70-61-62(60-69-63(66)57-54-51-48-45-18-15-12-9-6-3)71-65(68)59-56-53-50-47-44-42-40-37-26-24-22-20-17-14-11-8-5-2/h7-8,10-11,16-17,19-20,23-26,28-29,31-32,62H,4-6,9,12-15,18,21-22,27,30,33-61H2,1-3H3/b10-7-,11-8-,19-16-,20-17-,25-23-,26-24-,29-28-,32-31-. The summed E-state index contributed by atoms with van der Waals surface area (Å²) in [5.74, 6) is -0.891. The lowest BCUT2D eigenvalue weighted by Gasteiger charge is -2.18. The van der Waals surface area contributed by atoms with Gasteiger partial charge in [-0.1, -0.05) is 259 Å². The number of hydrogen-bond donors (Lipinski definition) is 0. The molecule has 0 aliphatic rings. The molecule has 6 nitrogen and oxygen atoms in total. The number of carbonyl (C=O) groups excluding carboxylic acids is 3. The van der Waals surface area contributed by atoms with Crippen molar-refractivity contribution in [3.05, 3.63) is 97.2 Å². The Balaban J connectivity index is 4.22. The summed E-state index contributed by atoms with van der Waals surface area (Å²) in [5.41, 5.74) is 0. The van der Waals surface area contributed by atoms with Gasteiger partial charge in [-0.15, -0.1) is 0 Å². The summed E-state index contributed by atoms with van der Waals surface area (Å²) >= 11 is 0. The second kappa shape index (κ2) is 58.9. The molecule has 0 radical (unpaired) electrons. The van der Waals surface area contributed by atoms with Gasteiger partial charge in [-0.25, -0.2) is 0 Å². The summed E-state index contributed by atoms with van der Waals surface area (Å²) in [6.45, 7) is 6.40. The Kier molecular flexibility index (Phi) is 55.9. The number of hydrogen-bond acceptors (Lipinski definition) is 6. The molecule has 0 saturated heterocycles. The number of allylic oxidation sites excluding steroid dienone is 16. The highest BCUT2D eigenvalue weighted by molar-refractivity contribution is 5.71. The molecule has 406 valence electrons. The quantitative estimate of drug-likeness (QED) is 0.0261. The molecule has 1 unspecified atom stereocenters. The molecule has 0 rings (SSSR count). The summed E-state index contributed by atoms with van der Waals surface area (Å²) in [6, 6.07) is 0. The minimum atomic E-state index is -0.782. The second-order valence-corrected chi connectivity index (χ2v) is 19.5. The van der Waals surface area contributed by atoms with E-state index in [1.807, 2.05) is 0 Å². The maximum absolute atomic E-state index is 12.8. The summed E-state index contributed by atoms with van der Waals surface area (Å²) in [7, 11) is 0. The number of esters is 3. The highest BCUT2D eigenvalue weighted by Crippen LogP contribution is 2.16. The fraction of sp³-hybridized carbons (Fsp3) is 0.708. The molecular weight excluding hydrogens is 877 g/mol. The van der Waals surface area contributed by atoms with Crippen molar-refractivity contribution in [2.75, 3.05) is 13.2 Å². The third-order valence-corrected chi connectivity index (χ3v) is 12.6. The molecule has 6 heteroatoms. The average Bonchev–Trinajstić information content (AvgIpc) is 3.37. The van der Waals surface area contributed by atoms with Gasteiger partial charge in [0.2, 0.25) is 0 Å². The van der Waals surface area contributed by atoms with Gasteiger partial charge in [-0.05, 0) is 96.3 Å². The third-order valence-electron chi connectivity index (χ3n) is 12.6. The lowest BCUT2D eigenvalue weighted by Crippen LogP contribution is -2.30. The largest absolute Gasteiger partial charge is 0.462 e. The van der Waals surface area contributed by atoms with E-state index in [4.69, 9.17) is 14.2 Å². The Morgan fingerprint density at radius 1 is 0.296 bits per heavy atom. The van der Waals surface area contributed by atoms with Crippen LogP contribution in [0.3, 0.4) is 0 Å². The highest BCUT2D eigenvalue weighted by atomic mass is 16.6. The van der Waals surface area contributed by atoms with Crippen LogP contribution < -0.4 is 0 Å². The molecular formula is C65H110O6. The molecule has 0 aromatic rings. The van der Waals surface area contributed by atoms with Crippen LogP contribution in [0.4, 0.5) is 0 Å². The van der Waals surface area contributed by atoms with E-state index in [0.717, 1.165) is 116 Å². The second-order valence-electron chi connectivity index (χ2n) is 19.5. The van der Waals surface area contributed by atoms with Crippen molar-refractivity contribution in [1.82, 2.24) is 0 Å². The van der Waals surface area contributed by atoms with Gasteiger partial charge in [-0.3, -0.25) is 14.4 Å². The van der Waals surface area contributed by atoms with Gasteiger partial charge in [-0.2, -0.15) is 0 Å². The van der Waals surface area contributed by atoms with Crippen LogP contribution >= 0.6 is 0 Å². The fourth-order valence-electron chi connectivity index (χ4n) is 8.19. The Morgan fingerprint density at radius 2 is 0.549 bits per heavy atom. The highest BCUT2D eigenvalue weighted by Gasteiger charge is 2.19. The number of carbonyl (C=O) groups is 3. The predicted molar refractivity (Wildman–Crippen MR) is 307 cm³/mol. The monoisotopic (exact) mass is 987 g/mol. The van der Waals surface area contributed by atoms with Crippen molar-refractivity contribution in [2.24, 2.45) is 0 Å². The van der Waals surface area contributed by atoms with Gasteiger partial charge in [0, 0.05) is 19.3 Å². The predicted octanol–water partition coefficient (Wildman–Crippen LogP) is 20.1. The molecule has 0 aromatic carbocycles. The van der Waals surface area contributed by atoms with Crippen molar-refractivity contribution in [2.45, 2.75) is 284 Å². The number of unbranched alkanes of at least 4 members (excludes halogenated alkanes) is 26. The van der Waals surface area contributed by atoms with Crippen LogP contribution in [0.2, 0.25) is 0 Å². The smallest absolute Gasteiger partial charge is 0.306 e. The third kappa shape index (κ3) is 57.1. The molecule has 0 aromatic heterocycles. The van der Waals surface area contributed by atoms with Crippen LogP contribution in [-0.4, -0.2) is 37.2 Å². The normalized spacial score (nSPS) is 12.8. The van der Waals surface area contributed by atoms with E-state index in [9.17, 15) is 14.4 Å². The Hall–Kier alpha value is -3.67. The molecule has 0 aliphatic carbocycles. The van der Waals surface area contributed by atoms with Crippen molar-refractivity contribution >= 4 is 17.9 Å². The van der Waals surface area contributed by atoms with Crippen LogP contribution in [0.15, 0.2) is 97.2 Å². The SMILES string of the molecule is CC/C=C\C/C=C\C/C=C\C/C=C\C/C=C\CCCCCCCCCCCCCC(=O)OCC(COC(=O)CCCCCCCCCCC)OC(=O)CCCCCCCCC/C=C\C/C=C\C/C=C\CC. The van der Waals surface area contributed by atoms with Crippen LogP contribution in [0, 0.1) is 0 Å². The number of rotatable bonds is 53. The van der Waals surface area contributed by atoms with Gasteiger partial charge in [0.25, 0.3) is 0 Å². The van der Waals surface area contributed by atoms with Crippen molar-refractivity contribution in [3.63, 3.8) is 0 Å². The molecule has 71 heavy (non-hydrogen) atoms. The summed E-state index contributed by atoms with van der Waals surface area (Å²) in [4.78, 5) is 38.1. The van der Waals surface area contributed by atoms with Crippen molar-refractivity contribution in [3.8, 4) is 0 Å². The maximum Gasteiger partial charge on any atom is 0.306 e. The van der Waals surface area contributed by atoms with E-state index in [2.05, 4.69) is 118 Å². The molecule has 0 fully saturated rings. The van der Waals surface area contributed by atoms with Gasteiger partial charge < -0.3 is 14.2 Å². The number of ether oxygens (including phenoxy) is 3. The van der Waals surface area contributed by atoms with E-state index in [0.29, 0.717) is 19.3 Å². The Morgan fingerprint density at radius 3 is 0.859 bits per heavy atom. The molecule has 0 N–H and O–H groups in total. The molecule has 0 spiro atoms.